The Bertz CT molecular complexity index is 1010. The Morgan fingerprint density at radius 3 is 2.43 bits per heavy atom. The molecule has 0 spiro atoms. The Kier molecular flexibility index (Phi) is 5.74. The standard InChI is InChI=1S/C22H25N7O/c1-16-9-10-23-20(15-16)25-19-7-8-21(27-26-19)28-11-13-29(14-12-28)22(30)24-18-6-4-3-5-17(18)2/h3-10,15H,11-14H2,1-2H3,(H,24,30)(H,23,25,26). The van der Waals surface area contributed by atoms with Gasteiger partial charge in [0.15, 0.2) is 11.6 Å². The van der Waals surface area contributed by atoms with Crippen LogP contribution in [0.1, 0.15) is 11.1 Å². The SMILES string of the molecule is Cc1ccnc(Nc2ccc(N3CCN(C(=O)Nc4ccccc4C)CC3)nn2)c1. The maximum Gasteiger partial charge on any atom is 0.321 e. The number of para-hydroxylation sites is 1. The van der Waals surface area contributed by atoms with Crippen LogP contribution in [0.3, 0.4) is 0 Å². The molecule has 0 saturated carbocycles. The highest BCUT2D eigenvalue weighted by molar-refractivity contribution is 5.90. The number of nitrogens with one attached hydrogen (secondary N) is 2. The molecule has 3 aromatic rings. The number of carbonyl (C=O) groups is 1. The van der Waals surface area contributed by atoms with E-state index in [1.165, 1.54) is 0 Å². The second-order valence-corrected chi connectivity index (χ2v) is 7.34. The van der Waals surface area contributed by atoms with E-state index in [9.17, 15) is 4.79 Å². The molecule has 1 aliphatic heterocycles. The number of urea groups is 1. The third-order valence-corrected chi connectivity index (χ3v) is 5.10. The van der Waals surface area contributed by atoms with Crippen LogP contribution in [0.25, 0.3) is 0 Å². The van der Waals surface area contributed by atoms with Crippen LogP contribution in [-0.4, -0.2) is 52.3 Å². The quantitative estimate of drug-likeness (QED) is 0.692. The van der Waals surface area contributed by atoms with Crippen molar-refractivity contribution < 1.29 is 4.79 Å². The van der Waals surface area contributed by atoms with E-state index < -0.39 is 0 Å². The van der Waals surface area contributed by atoms with Crippen molar-refractivity contribution in [2.75, 3.05) is 41.7 Å². The van der Waals surface area contributed by atoms with Crippen molar-refractivity contribution in [3.8, 4) is 0 Å². The van der Waals surface area contributed by atoms with Gasteiger partial charge in [0.2, 0.25) is 0 Å². The van der Waals surface area contributed by atoms with E-state index in [1.54, 1.807) is 6.20 Å². The molecule has 1 saturated heterocycles. The molecule has 1 aliphatic rings. The number of piperazine rings is 1. The molecule has 2 N–H and O–H groups in total. The fraction of sp³-hybridized carbons (Fsp3) is 0.273. The summed E-state index contributed by atoms with van der Waals surface area (Å²) in [5.74, 6) is 2.19. The number of rotatable bonds is 4. The highest BCUT2D eigenvalue weighted by atomic mass is 16.2. The molecule has 2 aromatic heterocycles. The summed E-state index contributed by atoms with van der Waals surface area (Å²) in [6.07, 6.45) is 1.76. The third kappa shape index (κ3) is 4.65. The van der Waals surface area contributed by atoms with Crippen LogP contribution in [0.15, 0.2) is 54.7 Å². The molecule has 2 amide bonds. The maximum absolute atomic E-state index is 12.6. The van der Waals surface area contributed by atoms with Gasteiger partial charge in [-0.05, 0) is 55.3 Å². The Morgan fingerprint density at radius 2 is 1.73 bits per heavy atom. The molecular formula is C22H25N7O. The summed E-state index contributed by atoms with van der Waals surface area (Å²) in [5.41, 5.74) is 3.03. The smallest absolute Gasteiger partial charge is 0.321 e. The molecule has 1 fully saturated rings. The predicted octanol–water partition coefficient (Wildman–Crippen LogP) is 3.59. The van der Waals surface area contributed by atoms with Gasteiger partial charge in [0.1, 0.15) is 5.82 Å². The van der Waals surface area contributed by atoms with E-state index >= 15 is 0 Å². The largest absolute Gasteiger partial charge is 0.352 e. The molecule has 0 unspecified atom stereocenters. The molecule has 8 nitrogen and oxygen atoms in total. The number of carbonyl (C=O) groups excluding carboxylic acids is 1. The van der Waals surface area contributed by atoms with Crippen molar-refractivity contribution >= 4 is 29.2 Å². The lowest BCUT2D eigenvalue weighted by Gasteiger charge is -2.35. The molecular weight excluding hydrogens is 378 g/mol. The summed E-state index contributed by atoms with van der Waals surface area (Å²) in [6.45, 7) is 6.69. The Hall–Kier alpha value is -3.68. The van der Waals surface area contributed by atoms with Gasteiger partial charge in [-0.2, -0.15) is 0 Å². The number of anilines is 4. The van der Waals surface area contributed by atoms with Gasteiger partial charge in [0.25, 0.3) is 0 Å². The average molecular weight is 403 g/mol. The van der Waals surface area contributed by atoms with Crippen LogP contribution in [0, 0.1) is 13.8 Å². The predicted molar refractivity (Wildman–Crippen MR) is 118 cm³/mol. The Labute approximate surface area is 176 Å². The first kappa shape index (κ1) is 19.6. The summed E-state index contributed by atoms with van der Waals surface area (Å²) in [7, 11) is 0. The van der Waals surface area contributed by atoms with Crippen molar-refractivity contribution in [1.82, 2.24) is 20.1 Å². The minimum Gasteiger partial charge on any atom is -0.352 e. The van der Waals surface area contributed by atoms with Crippen molar-refractivity contribution in [2.45, 2.75) is 13.8 Å². The van der Waals surface area contributed by atoms with Crippen LogP contribution in [0.4, 0.5) is 27.9 Å². The minimum atomic E-state index is -0.0692. The molecule has 4 rings (SSSR count). The normalized spacial score (nSPS) is 13.8. The second kappa shape index (κ2) is 8.77. The van der Waals surface area contributed by atoms with Crippen LogP contribution in [-0.2, 0) is 0 Å². The average Bonchev–Trinajstić information content (AvgIpc) is 2.76. The fourth-order valence-electron chi connectivity index (χ4n) is 3.34. The number of aryl methyl sites for hydroxylation is 2. The van der Waals surface area contributed by atoms with E-state index in [-0.39, 0.29) is 6.03 Å². The number of nitrogens with zero attached hydrogens (tertiary/aromatic N) is 5. The molecule has 1 aromatic carbocycles. The summed E-state index contributed by atoms with van der Waals surface area (Å²) < 4.78 is 0. The fourth-order valence-corrected chi connectivity index (χ4v) is 3.34. The minimum absolute atomic E-state index is 0.0692. The Morgan fingerprint density at radius 1 is 0.933 bits per heavy atom. The van der Waals surface area contributed by atoms with Gasteiger partial charge < -0.3 is 20.4 Å². The first-order valence-corrected chi connectivity index (χ1v) is 9.98. The monoisotopic (exact) mass is 403 g/mol. The molecule has 0 aliphatic carbocycles. The Balaban J connectivity index is 1.31. The molecule has 0 bridgehead atoms. The van der Waals surface area contributed by atoms with E-state index in [4.69, 9.17) is 0 Å². The first-order chi connectivity index (χ1) is 14.6. The summed E-state index contributed by atoms with van der Waals surface area (Å²) >= 11 is 0. The summed E-state index contributed by atoms with van der Waals surface area (Å²) in [6, 6.07) is 15.5. The lowest BCUT2D eigenvalue weighted by atomic mass is 10.2. The molecule has 3 heterocycles. The van der Waals surface area contributed by atoms with Crippen LogP contribution < -0.4 is 15.5 Å². The number of hydrogen-bond donors (Lipinski definition) is 2. The highest BCUT2D eigenvalue weighted by Crippen LogP contribution is 2.18. The van der Waals surface area contributed by atoms with E-state index in [2.05, 4.69) is 30.7 Å². The van der Waals surface area contributed by atoms with E-state index in [1.807, 2.05) is 67.3 Å². The summed E-state index contributed by atoms with van der Waals surface area (Å²) in [4.78, 5) is 20.8. The van der Waals surface area contributed by atoms with Gasteiger partial charge in [-0.25, -0.2) is 9.78 Å². The zero-order valence-corrected chi connectivity index (χ0v) is 17.2. The number of aromatic nitrogens is 3. The molecule has 0 radical (unpaired) electrons. The third-order valence-electron chi connectivity index (χ3n) is 5.10. The number of hydrogen-bond acceptors (Lipinski definition) is 6. The van der Waals surface area contributed by atoms with Crippen molar-refractivity contribution in [3.63, 3.8) is 0 Å². The lowest BCUT2D eigenvalue weighted by Crippen LogP contribution is -2.50. The molecule has 30 heavy (non-hydrogen) atoms. The van der Waals surface area contributed by atoms with Crippen molar-refractivity contribution in [2.24, 2.45) is 0 Å². The van der Waals surface area contributed by atoms with Gasteiger partial charge in [0.05, 0.1) is 0 Å². The topological polar surface area (TPSA) is 86.3 Å². The van der Waals surface area contributed by atoms with Crippen molar-refractivity contribution in [3.05, 3.63) is 65.9 Å². The number of pyridine rings is 1. The number of benzene rings is 1. The van der Waals surface area contributed by atoms with Crippen molar-refractivity contribution in [1.29, 1.82) is 0 Å². The van der Waals surface area contributed by atoms with Crippen LogP contribution in [0.2, 0.25) is 0 Å². The maximum atomic E-state index is 12.6. The zero-order chi connectivity index (χ0) is 20.9. The van der Waals surface area contributed by atoms with E-state index in [0.717, 1.165) is 28.5 Å². The number of amides is 2. The van der Waals surface area contributed by atoms with Gasteiger partial charge in [0, 0.05) is 38.1 Å². The highest BCUT2D eigenvalue weighted by Gasteiger charge is 2.22. The first-order valence-electron chi connectivity index (χ1n) is 9.98. The van der Waals surface area contributed by atoms with Crippen LogP contribution >= 0.6 is 0 Å². The van der Waals surface area contributed by atoms with Gasteiger partial charge in [-0.3, -0.25) is 0 Å². The second-order valence-electron chi connectivity index (χ2n) is 7.34. The molecule has 0 atom stereocenters. The van der Waals surface area contributed by atoms with Gasteiger partial charge >= 0.3 is 6.03 Å². The van der Waals surface area contributed by atoms with Gasteiger partial charge in [-0.1, -0.05) is 18.2 Å². The zero-order valence-electron chi connectivity index (χ0n) is 17.2. The molecule has 154 valence electrons. The van der Waals surface area contributed by atoms with Crippen LogP contribution in [0.5, 0.6) is 0 Å². The molecule has 8 heteroatoms. The lowest BCUT2D eigenvalue weighted by molar-refractivity contribution is 0.208. The summed E-state index contributed by atoms with van der Waals surface area (Å²) in [5, 5.41) is 14.8. The van der Waals surface area contributed by atoms with E-state index in [0.29, 0.717) is 32.0 Å². The van der Waals surface area contributed by atoms with Gasteiger partial charge in [-0.15, -0.1) is 10.2 Å².